The molecule has 6 nitrogen and oxygen atoms in total. The predicted molar refractivity (Wildman–Crippen MR) is 82.3 cm³/mol. The maximum Gasteiger partial charge on any atom is 0.326 e. The summed E-state index contributed by atoms with van der Waals surface area (Å²) < 4.78 is 10.3. The van der Waals surface area contributed by atoms with E-state index in [0.29, 0.717) is 23.5 Å². The van der Waals surface area contributed by atoms with Gasteiger partial charge in [0.25, 0.3) is 0 Å². The number of hydrogen-bond acceptors (Lipinski definition) is 4. The summed E-state index contributed by atoms with van der Waals surface area (Å²) in [7, 11) is 3.05. The summed E-state index contributed by atoms with van der Waals surface area (Å²) in [6.45, 7) is 3.82. The summed E-state index contributed by atoms with van der Waals surface area (Å²) in [6, 6.07) is 4.27. The van der Waals surface area contributed by atoms with E-state index in [1.807, 2.05) is 13.8 Å². The van der Waals surface area contributed by atoms with Gasteiger partial charge in [-0.05, 0) is 30.5 Å². The van der Waals surface area contributed by atoms with Crippen LogP contribution in [0, 0.1) is 5.92 Å². The number of hydrogen-bond donors (Lipinski definition) is 2. The number of carbonyl (C=O) groups excluding carboxylic acids is 1. The van der Waals surface area contributed by atoms with Crippen molar-refractivity contribution in [1.29, 1.82) is 0 Å². The Morgan fingerprint density at radius 3 is 2.41 bits per heavy atom. The highest BCUT2D eigenvalue weighted by molar-refractivity contribution is 5.85. The van der Waals surface area contributed by atoms with E-state index in [1.165, 1.54) is 14.2 Å². The maximum absolute atomic E-state index is 12.1. The van der Waals surface area contributed by atoms with Crippen LogP contribution in [0.2, 0.25) is 0 Å². The van der Waals surface area contributed by atoms with Gasteiger partial charge in [-0.1, -0.05) is 13.8 Å². The normalized spacial score (nSPS) is 11.9. The minimum Gasteiger partial charge on any atom is -0.497 e. The first-order chi connectivity index (χ1) is 10.4. The smallest absolute Gasteiger partial charge is 0.326 e. The van der Waals surface area contributed by atoms with E-state index in [4.69, 9.17) is 14.6 Å². The zero-order valence-corrected chi connectivity index (χ0v) is 13.4. The molecule has 0 heterocycles. The molecule has 1 amide bonds. The van der Waals surface area contributed by atoms with Crippen LogP contribution in [0.3, 0.4) is 0 Å². The van der Waals surface area contributed by atoms with Gasteiger partial charge in [0, 0.05) is 5.56 Å². The number of carbonyl (C=O) groups is 2. The van der Waals surface area contributed by atoms with E-state index in [9.17, 15) is 9.59 Å². The van der Waals surface area contributed by atoms with Crippen molar-refractivity contribution >= 4 is 11.9 Å². The molecule has 6 heteroatoms. The van der Waals surface area contributed by atoms with Crippen molar-refractivity contribution in [3.05, 3.63) is 23.8 Å². The molecule has 0 spiro atoms. The van der Waals surface area contributed by atoms with E-state index in [2.05, 4.69) is 5.32 Å². The fraction of sp³-hybridized carbons (Fsp3) is 0.500. The average molecular weight is 309 g/mol. The van der Waals surface area contributed by atoms with E-state index in [0.717, 1.165) is 0 Å². The van der Waals surface area contributed by atoms with E-state index < -0.39 is 12.0 Å². The molecule has 1 atom stereocenters. The van der Waals surface area contributed by atoms with Crippen LogP contribution >= 0.6 is 0 Å². The number of benzene rings is 1. The molecule has 0 aliphatic heterocycles. The van der Waals surface area contributed by atoms with Crippen LogP contribution in [0.4, 0.5) is 0 Å². The Kier molecular flexibility index (Phi) is 6.69. The molecule has 1 aromatic rings. The van der Waals surface area contributed by atoms with Crippen LogP contribution in [-0.2, 0) is 16.0 Å². The molecular weight excluding hydrogens is 286 g/mol. The number of nitrogens with one attached hydrogen (secondary N) is 1. The third-order valence-electron chi connectivity index (χ3n) is 3.18. The van der Waals surface area contributed by atoms with Crippen LogP contribution in [0.1, 0.15) is 25.8 Å². The lowest BCUT2D eigenvalue weighted by atomic mass is 10.0. The van der Waals surface area contributed by atoms with Gasteiger partial charge in [0.1, 0.15) is 17.5 Å². The van der Waals surface area contributed by atoms with Gasteiger partial charge in [0.2, 0.25) is 5.91 Å². The molecule has 22 heavy (non-hydrogen) atoms. The van der Waals surface area contributed by atoms with Crippen molar-refractivity contribution in [3.63, 3.8) is 0 Å². The van der Waals surface area contributed by atoms with Crippen molar-refractivity contribution in [2.75, 3.05) is 14.2 Å². The lowest BCUT2D eigenvalue weighted by Crippen LogP contribution is -2.42. The third-order valence-corrected chi connectivity index (χ3v) is 3.18. The zero-order valence-electron chi connectivity index (χ0n) is 13.4. The molecule has 2 N–H and O–H groups in total. The quantitative estimate of drug-likeness (QED) is 0.765. The predicted octanol–water partition coefficient (Wildman–Crippen LogP) is 1.86. The van der Waals surface area contributed by atoms with Crippen molar-refractivity contribution in [2.45, 2.75) is 32.7 Å². The fourth-order valence-electron chi connectivity index (χ4n) is 2.13. The molecule has 0 radical (unpaired) electrons. The van der Waals surface area contributed by atoms with Crippen LogP contribution in [0.25, 0.3) is 0 Å². The lowest BCUT2D eigenvalue weighted by molar-refractivity contribution is -0.142. The second-order valence-electron chi connectivity index (χ2n) is 5.44. The van der Waals surface area contributed by atoms with Crippen molar-refractivity contribution in [1.82, 2.24) is 5.32 Å². The first-order valence-electron chi connectivity index (χ1n) is 7.10. The lowest BCUT2D eigenvalue weighted by Gasteiger charge is -2.17. The van der Waals surface area contributed by atoms with Gasteiger partial charge in [-0.15, -0.1) is 0 Å². The number of rotatable bonds is 8. The Balaban J connectivity index is 2.81. The Hall–Kier alpha value is -2.24. The summed E-state index contributed by atoms with van der Waals surface area (Å²) in [4.78, 5) is 23.3. The topological polar surface area (TPSA) is 84.9 Å². The minimum absolute atomic E-state index is 0.0300. The molecule has 0 bridgehead atoms. The number of aliphatic carboxylic acids is 1. The van der Waals surface area contributed by atoms with Crippen LogP contribution < -0.4 is 14.8 Å². The van der Waals surface area contributed by atoms with E-state index >= 15 is 0 Å². The molecule has 0 aliphatic rings. The van der Waals surface area contributed by atoms with E-state index in [1.54, 1.807) is 18.2 Å². The fourth-order valence-corrected chi connectivity index (χ4v) is 2.13. The summed E-state index contributed by atoms with van der Waals surface area (Å²) >= 11 is 0. The number of carboxylic acids is 1. The molecule has 0 unspecified atom stereocenters. The highest BCUT2D eigenvalue weighted by Gasteiger charge is 2.21. The van der Waals surface area contributed by atoms with Crippen LogP contribution in [0.5, 0.6) is 11.5 Å². The van der Waals surface area contributed by atoms with Crippen LogP contribution in [0.15, 0.2) is 18.2 Å². The van der Waals surface area contributed by atoms with E-state index in [-0.39, 0.29) is 18.2 Å². The molecular formula is C16H23NO5. The van der Waals surface area contributed by atoms with Gasteiger partial charge in [0.05, 0.1) is 20.6 Å². The molecule has 1 aromatic carbocycles. The van der Waals surface area contributed by atoms with Gasteiger partial charge < -0.3 is 19.9 Å². The van der Waals surface area contributed by atoms with Gasteiger partial charge in [-0.3, -0.25) is 4.79 Å². The van der Waals surface area contributed by atoms with Gasteiger partial charge in [-0.2, -0.15) is 0 Å². The van der Waals surface area contributed by atoms with Gasteiger partial charge >= 0.3 is 5.97 Å². The molecule has 122 valence electrons. The number of methoxy groups -OCH3 is 2. The van der Waals surface area contributed by atoms with Crippen molar-refractivity contribution in [2.24, 2.45) is 5.92 Å². The second kappa shape index (κ2) is 8.26. The minimum atomic E-state index is -1.03. The van der Waals surface area contributed by atoms with Crippen molar-refractivity contribution in [3.8, 4) is 11.5 Å². The van der Waals surface area contributed by atoms with Gasteiger partial charge in [-0.25, -0.2) is 4.79 Å². The Morgan fingerprint density at radius 1 is 1.23 bits per heavy atom. The Labute approximate surface area is 130 Å². The highest BCUT2D eigenvalue weighted by Crippen LogP contribution is 2.24. The monoisotopic (exact) mass is 309 g/mol. The zero-order chi connectivity index (χ0) is 16.7. The Morgan fingerprint density at radius 2 is 1.91 bits per heavy atom. The summed E-state index contributed by atoms with van der Waals surface area (Å²) in [5, 5.41) is 11.7. The molecule has 0 aromatic heterocycles. The summed E-state index contributed by atoms with van der Waals surface area (Å²) in [6.07, 6.45) is 0.415. The van der Waals surface area contributed by atoms with Gasteiger partial charge in [0.15, 0.2) is 0 Å². The SMILES string of the molecule is COc1ccc(OC)c(CC(=O)N[C@@H](CC(C)C)C(=O)O)c1. The molecule has 0 aliphatic carbocycles. The Bertz CT molecular complexity index is 527. The molecule has 0 saturated carbocycles. The summed E-state index contributed by atoms with van der Waals surface area (Å²) in [5.74, 6) is -0.0423. The molecule has 1 rings (SSSR count). The number of amides is 1. The average Bonchev–Trinajstić information content (AvgIpc) is 2.45. The molecule has 0 fully saturated rings. The van der Waals surface area contributed by atoms with Crippen molar-refractivity contribution < 1.29 is 24.2 Å². The first kappa shape index (κ1) is 17.8. The highest BCUT2D eigenvalue weighted by atomic mass is 16.5. The maximum atomic E-state index is 12.1. The summed E-state index contributed by atoms with van der Waals surface area (Å²) in [5.41, 5.74) is 0.646. The first-order valence-corrected chi connectivity index (χ1v) is 7.10. The third kappa shape index (κ3) is 5.27. The number of carboxylic acid groups (broad SMARTS) is 1. The number of ether oxygens (including phenoxy) is 2. The second-order valence-corrected chi connectivity index (χ2v) is 5.44. The largest absolute Gasteiger partial charge is 0.497 e. The van der Waals surface area contributed by atoms with Crippen LogP contribution in [-0.4, -0.2) is 37.2 Å². The molecule has 0 saturated heterocycles. The standard InChI is InChI=1S/C16H23NO5/c1-10(2)7-13(16(19)20)17-15(18)9-11-8-12(21-3)5-6-14(11)22-4/h5-6,8,10,13H,7,9H2,1-4H3,(H,17,18)(H,19,20)/t13-/m0/s1.